The Morgan fingerprint density at radius 2 is 1.95 bits per heavy atom. The summed E-state index contributed by atoms with van der Waals surface area (Å²) < 4.78 is 1.97. The number of para-hydroxylation sites is 1. The van der Waals surface area contributed by atoms with E-state index in [0.717, 1.165) is 22.5 Å². The third-order valence-corrected chi connectivity index (χ3v) is 3.97. The molecule has 0 unspecified atom stereocenters. The van der Waals surface area contributed by atoms with Gasteiger partial charge in [-0.3, -0.25) is 0 Å². The summed E-state index contributed by atoms with van der Waals surface area (Å²) in [6, 6.07) is 13.6. The first kappa shape index (κ1) is 12.7. The van der Waals surface area contributed by atoms with Crippen molar-refractivity contribution in [3.8, 4) is 17.5 Å². The van der Waals surface area contributed by atoms with Crippen molar-refractivity contribution in [1.82, 2.24) is 9.55 Å². The van der Waals surface area contributed by atoms with Gasteiger partial charge in [-0.15, -0.1) is 0 Å². The highest BCUT2D eigenvalue weighted by Gasteiger charge is 2.15. The van der Waals surface area contributed by atoms with Gasteiger partial charge in [0, 0.05) is 12.6 Å². The third kappa shape index (κ3) is 1.77. The topological polar surface area (TPSA) is 41.6 Å². The van der Waals surface area contributed by atoms with E-state index < -0.39 is 0 Å². The van der Waals surface area contributed by atoms with Gasteiger partial charge < -0.3 is 4.57 Å². The number of hydrogen-bond acceptors (Lipinski definition) is 2. The molecule has 0 fully saturated rings. The van der Waals surface area contributed by atoms with E-state index >= 15 is 0 Å². The Hall–Kier alpha value is -2.31. The average Bonchev–Trinajstić information content (AvgIpc) is 2.79. The van der Waals surface area contributed by atoms with Crippen LogP contribution in [0.3, 0.4) is 0 Å². The fraction of sp³-hybridized carbons (Fsp3) is 0.125. The molecule has 0 aliphatic rings. The Morgan fingerprint density at radius 1 is 1.20 bits per heavy atom. The largest absolute Gasteiger partial charge is 0.327 e. The van der Waals surface area contributed by atoms with Crippen LogP contribution in [0.5, 0.6) is 0 Å². The number of imidazole rings is 1. The Morgan fingerprint density at radius 3 is 2.70 bits per heavy atom. The lowest BCUT2D eigenvalue weighted by atomic mass is 10.1. The molecule has 2 aromatic carbocycles. The zero-order valence-corrected chi connectivity index (χ0v) is 11.9. The molecule has 0 spiro atoms. The van der Waals surface area contributed by atoms with Crippen LogP contribution in [0.1, 0.15) is 11.1 Å². The maximum Gasteiger partial charge on any atom is 0.142 e. The molecule has 0 aliphatic carbocycles. The standard InChI is InChI=1S/C16H12ClN3/c1-10-5-3-7-12(14(10)17)16-19-15-11(9-18)6-4-8-13(15)20(16)2/h3-8H,1-2H3. The molecule has 3 aromatic rings. The van der Waals surface area contributed by atoms with E-state index in [4.69, 9.17) is 11.6 Å². The van der Waals surface area contributed by atoms with Crippen molar-refractivity contribution in [1.29, 1.82) is 5.26 Å². The lowest BCUT2D eigenvalue weighted by Gasteiger charge is -2.06. The third-order valence-electron chi connectivity index (χ3n) is 3.46. The van der Waals surface area contributed by atoms with Crippen LogP contribution in [0.15, 0.2) is 36.4 Å². The number of nitrogens with zero attached hydrogens (tertiary/aromatic N) is 3. The van der Waals surface area contributed by atoms with E-state index in [1.807, 2.05) is 48.9 Å². The summed E-state index contributed by atoms with van der Waals surface area (Å²) in [6.45, 7) is 1.97. The monoisotopic (exact) mass is 281 g/mol. The van der Waals surface area contributed by atoms with Gasteiger partial charge in [-0.05, 0) is 30.7 Å². The van der Waals surface area contributed by atoms with E-state index in [2.05, 4.69) is 11.1 Å². The highest BCUT2D eigenvalue weighted by Crippen LogP contribution is 2.32. The molecular formula is C16H12ClN3. The molecule has 4 heteroatoms. The molecular weight excluding hydrogens is 270 g/mol. The summed E-state index contributed by atoms with van der Waals surface area (Å²) in [6.07, 6.45) is 0. The number of aromatic nitrogens is 2. The summed E-state index contributed by atoms with van der Waals surface area (Å²) in [5, 5.41) is 9.88. The fourth-order valence-electron chi connectivity index (χ4n) is 2.37. The van der Waals surface area contributed by atoms with Gasteiger partial charge in [0.2, 0.25) is 0 Å². The van der Waals surface area contributed by atoms with E-state index in [9.17, 15) is 5.26 Å². The van der Waals surface area contributed by atoms with Gasteiger partial charge in [0.05, 0.1) is 16.1 Å². The Labute approximate surface area is 122 Å². The molecule has 0 atom stereocenters. The van der Waals surface area contributed by atoms with Crippen LogP contribution in [-0.2, 0) is 7.05 Å². The van der Waals surface area contributed by atoms with Gasteiger partial charge in [0.25, 0.3) is 0 Å². The molecule has 0 amide bonds. The first-order chi connectivity index (χ1) is 9.63. The molecule has 20 heavy (non-hydrogen) atoms. The quantitative estimate of drug-likeness (QED) is 0.674. The highest BCUT2D eigenvalue weighted by atomic mass is 35.5. The van der Waals surface area contributed by atoms with Crippen LogP contribution in [0.25, 0.3) is 22.4 Å². The van der Waals surface area contributed by atoms with Crippen LogP contribution < -0.4 is 0 Å². The molecule has 1 aromatic heterocycles. The normalized spacial score (nSPS) is 10.7. The SMILES string of the molecule is Cc1cccc(-c2nc3c(C#N)cccc3n2C)c1Cl. The van der Waals surface area contributed by atoms with Crippen molar-refractivity contribution >= 4 is 22.6 Å². The van der Waals surface area contributed by atoms with Gasteiger partial charge >= 0.3 is 0 Å². The van der Waals surface area contributed by atoms with Gasteiger partial charge in [0.15, 0.2) is 0 Å². The number of halogens is 1. The van der Waals surface area contributed by atoms with Gasteiger partial charge in [-0.25, -0.2) is 4.98 Å². The van der Waals surface area contributed by atoms with E-state index in [1.165, 1.54) is 0 Å². The van der Waals surface area contributed by atoms with E-state index in [0.29, 0.717) is 16.1 Å². The molecule has 1 heterocycles. The molecule has 98 valence electrons. The minimum absolute atomic E-state index is 0.577. The van der Waals surface area contributed by atoms with Crippen molar-refractivity contribution < 1.29 is 0 Å². The molecule has 0 saturated heterocycles. The summed E-state index contributed by atoms with van der Waals surface area (Å²) in [4.78, 5) is 4.61. The number of nitriles is 1. The van der Waals surface area contributed by atoms with Crippen molar-refractivity contribution in [2.45, 2.75) is 6.92 Å². The fourth-order valence-corrected chi connectivity index (χ4v) is 2.58. The van der Waals surface area contributed by atoms with Crippen molar-refractivity contribution in [2.24, 2.45) is 7.05 Å². The molecule has 0 saturated carbocycles. The molecule has 3 nitrogen and oxygen atoms in total. The zero-order valence-electron chi connectivity index (χ0n) is 11.2. The van der Waals surface area contributed by atoms with Crippen LogP contribution in [-0.4, -0.2) is 9.55 Å². The molecule has 0 N–H and O–H groups in total. The summed E-state index contributed by atoms with van der Waals surface area (Å²) in [7, 11) is 1.94. The minimum Gasteiger partial charge on any atom is -0.327 e. The number of aryl methyl sites for hydroxylation is 2. The van der Waals surface area contributed by atoms with Crippen LogP contribution in [0, 0.1) is 18.3 Å². The predicted molar refractivity (Wildman–Crippen MR) is 80.6 cm³/mol. The zero-order chi connectivity index (χ0) is 14.3. The summed E-state index contributed by atoms with van der Waals surface area (Å²) >= 11 is 6.38. The maximum absolute atomic E-state index is 9.18. The van der Waals surface area contributed by atoms with E-state index in [-0.39, 0.29) is 0 Å². The number of fused-ring (bicyclic) bond motifs is 1. The minimum atomic E-state index is 0.577. The summed E-state index contributed by atoms with van der Waals surface area (Å²) in [5.41, 5.74) is 4.11. The average molecular weight is 282 g/mol. The van der Waals surface area contributed by atoms with Gasteiger partial charge in [-0.2, -0.15) is 5.26 Å². The van der Waals surface area contributed by atoms with E-state index in [1.54, 1.807) is 6.07 Å². The first-order valence-electron chi connectivity index (χ1n) is 6.24. The molecule has 0 aliphatic heterocycles. The van der Waals surface area contributed by atoms with Crippen molar-refractivity contribution in [3.63, 3.8) is 0 Å². The highest BCUT2D eigenvalue weighted by molar-refractivity contribution is 6.34. The van der Waals surface area contributed by atoms with Crippen LogP contribution in [0.2, 0.25) is 5.02 Å². The molecule has 0 bridgehead atoms. The lowest BCUT2D eigenvalue weighted by molar-refractivity contribution is 0.959. The van der Waals surface area contributed by atoms with Crippen LogP contribution in [0.4, 0.5) is 0 Å². The Bertz CT molecular complexity index is 856. The van der Waals surface area contributed by atoms with Crippen molar-refractivity contribution in [2.75, 3.05) is 0 Å². The first-order valence-corrected chi connectivity index (χ1v) is 6.62. The van der Waals surface area contributed by atoms with Crippen LogP contribution >= 0.6 is 11.6 Å². The summed E-state index contributed by atoms with van der Waals surface area (Å²) in [5.74, 6) is 0.774. The van der Waals surface area contributed by atoms with Gasteiger partial charge in [-0.1, -0.05) is 29.8 Å². The second-order valence-corrected chi connectivity index (χ2v) is 5.09. The Balaban J connectivity index is 2.36. The molecule has 0 radical (unpaired) electrons. The Kier molecular flexibility index (Phi) is 2.96. The van der Waals surface area contributed by atoms with Crippen molar-refractivity contribution in [3.05, 3.63) is 52.5 Å². The maximum atomic E-state index is 9.18. The smallest absolute Gasteiger partial charge is 0.142 e. The lowest BCUT2D eigenvalue weighted by Crippen LogP contribution is -1.93. The second-order valence-electron chi connectivity index (χ2n) is 4.72. The number of rotatable bonds is 1. The van der Waals surface area contributed by atoms with Gasteiger partial charge in [0.1, 0.15) is 17.4 Å². The number of benzene rings is 2. The number of hydrogen-bond donors (Lipinski definition) is 0. The second kappa shape index (κ2) is 4.66. The molecule has 3 rings (SSSR count). The predicted octanol–water partition coefficient (Wildman–Crippen LogP) is 4.07.